The van der Waals surface area contributed by atoms with Gasteiger partial charge in [-0.15, -0.1) is 0 Å². The van der Waals surface area contributed by atoms with E-state index in [1.54, 1.807) is 35.0 Å². The van der Waals surface area contributed by atoms with Gasteiger partial charge in [-0.3, -0.25) is 9.59 Å². The summed E-state index contributed by atoms with van der Waals surface area (Å²) in [5, 5.41) is 3.68. The molecule has 21 heavy (non-hydrogen) atoms. The molecule has 2 rings (SSSR count). The highest BCUT2D eigenvalue weighted by Gasteiger charge is 2.25. The van der Waals surface area contributed by atoms with Crippen LogP contribution >= 0.6 is 23.2 Å². The van der Waals surface area contributed by atoms with E-state index in [1.165, 1.54) is 0 Å². The Balaban J connectivity index is 1.98. The van der Waals surface area contributed by atoms with Crippen LogP contribution in [0.2, 0.25) is 10.0 Å². The molecule has 1 aliphatic heterocycles. The van der Waals surface area contributed by atoms with Crippen LogP contribution in [0.3, 0.4) is 0 Å². The molecule has 1 aromatic carbocycles. The molecule has 0 atom stereocenters. The number of nitrogens with zero attached hydrogens (tertiary/aromatic N) is 2. The summed E-state index contributed by atoms with van der Waals surface area (Å²) in [5.41, 5.74) is 0.441. The number of rotatable bonds is 3. The van der Waals surface area contributed by atoms with Gasteiger partial charge in [0.1, 0.15) is 0 Å². The number of likely N-dealkylation sites (N-methyl/N-ethyl adjacent to an activating group) is 1. The molecule has 0 bridgehead atoms. The Morgan fingerprint density at radius 2 is 1.76 bits per heavy atom. The SMILES string of the molecule is CNCC(=O)N1CCN(C(=O)c2ccc(Cl)cc2Cl)CC1. The van der Waals surface area contributed by atoms with Crippen LogP contribution in [0.15, 0.2) is 18.2 Å². The molecule has 7 heteroatoms. The van der Waals surface area contributed by atoms with Crippen LogP contribution in [0.4, 0.5) is 0 Å². The molecule has 0 unspecified atom stereocenters. The second-order valence-corrected chi connectivity index (χ2v) is 5.67. The maximum absolute atomic E-state index is 12.4. The zero-order chi connectivity index (χ0) is 15.4. The summed E-state index contributed by atoms with van der Waals surface area (Å²) < 4.78 is 0. The molecule has 0 aromatic heterocycles. The van der Waals surface area contributed by atoms with Gasteiger partial charge < -0.3 is 15.1 Å². The molecule has 1 aromatic rings. The lowest BCUT2D eigenvalue weighted by Gasteiger charge is -2.35. The van der Waals surface area contributed by atoms with Crippen molar-refractivity contribution in [1.29, 1.82) is 0 Å². The molecule has 1 heterocycles. The summed E-state index contributed by atoms with van der Waals surface area (Å²) in [6.45, 7) is 2.41. The molecule has 1 N–H and O–H groups in total. The first kappa shape index (κ1) is 16.1. The first-order valence-corrected chi connectivity index (χ1v) is 7.45. The normalized spacial score (nSPS) is 15.2. The van der Waals surface area contributed by atoms with Crippen molar-refractivity contribution in [3.63, 3.8) is 0 Å². The summed E-state index contributed by atoms with van der Waals surface area (Å²) in [7, 11) is 1.74. The van der Waals surface area contributed by atoms with Crippen molar-refractivity contribution in [2.45, 2.75) is 0 Å². The number of carbonyl (C=O) groups is 2. The van der Waals surface area contributed by atoms with E-state index >= 15 is 0 Å². The van der Waals surface area contributed by atoms with Gasteiger partial charge in [-0.1, -0.05) is 23.2 Å². The van der Waals surface area contributed by atoms with Gasteiger partial charge in [0.2, 0.25) is 5.91 Å². The van der Waals surface area contributed by atoms with Gasteiger partial charge in [-0.25, -0.2) is 0 Å². The van der Waals surface area contributed by atoms with Gasteiger partial charge in [0.05, 0.1) is 17.1 Å². The minimum Gasteiger partial charge on any atom is -0.338 e. The largest absolute Gasteiger partial charge is 0.338 e. The molecule has 0 aliphatic carbocycles. The van der Waals surface area contributed by atoms with Crippen molar-refractivity contribution in [2.75, 3.05) is 39.8 Å². The van der Waals surface area contributed by atoms with Crippen LogP contribution < -0.4 is 5.32 Å². The summed E-state index contributed by atoms with van der Waals surface area (Å²) in [5.74, 6) is -0.0773. The van der Waals surface area contributed by atoms with Crippen molar-refractivity contribution in [3.8, 4) is 0 Å². The molecule has 0 radical (unpaired) electrons. The predicted molar refractivity (Wildman–Crippen MR) is 82.9 cm³/mol. The lowest BCUT2D eigenvalue weighted by molar-refractivity contribution is -0.131. The van der Waals surface area contributed by atoms with E-state index in [1.807, 2.05) is 0 Å². The minimum absolute atomic E-state index is 0.0501. The number of piperazine rings is 1. The smallest absolute Gasteiger partial charge is 0.255 e. The van der Waals surface area contributed by atoms with E-state index in [9.17, 15) is 9.59 Å². The molecule has 1 saturated heterocycles. The van der Waals surface area contributed by atoms with E-state index in [2.05, 4.69) is 5.32 Å². The highest BCUT2D eigenvalue weighted by Crippen LogP contribution is 2.22. The van der Waals surface area contributed by atoms with Crippen LogP contribution in [0.5, 0.6) is 0 Å². The third-order valence-corrected chi connectivity index (χ3v) is 3.96. The maximum Gasteiger partial charge on any atom is 0.255 e. The Labute approximate surface area is 133 Å². The highest BCUT2D eigenvalue weighted by atomic mass is 35.5. The molecule has 2 amide bonds. The van der Waals surface area contributed by atoms with Crippen LogP contribution in [0, 0.1) is 0 Å². The summed E-state index contributed by atoms with van der Waals surface area (Å²) in [4.78, 5) is 27.6. The Bertz CT molecular complexity index is 543. The van der Waals surface area contributed by atoms with Gasteiger partial charge in [0.15, 0.2) is 0 Å². The van der Waals surface area contributed by atoms with Crippen molar-refractivity contribution >= 4 is 35.0 Å². The molecule has 0 spiro atoms. The number of carbonyl (C=O) groups excluding carboxylic acids is 2. The van der Waals surface area contributed by atoms with E-state index in [4.69, 9.17) is 23.2 Å². The van der Waals surface area contributed by atoms with Gasteiger partial charge in [0, 0.05) is 31.2 Å². The fourth-order valence-corrected chi connectivity index (χ4v) is 2.74. The minimum atomic E-state index is -0.127. The topological polar surface area (TPSA) is 52.7 Å². The molecular formula is C14H17Cl2N3O2. The van der Waals surface area contributed by atoms with E-state index in [-0.39, 0.29) is 11.8 Å². The fraction of sp³-hybridized carbons (Fsp3) is 0.429. The third kappa shape index (κ3) is 3.87. The predicted octanol–water partition coefficient (Wildman–Crippen LogP) is 1.50. The average molecular weight is 330 g/mol. The number of nitrogens with one attached hydrogen (secondary N) is 1. The summed E-state index contributed by atoms with van der Waals surface area (Å²) in [6, 6.07) is 4.84. The quantitative estimate of drug-likeness (QED) is 0.914. The third-order valence-electron chi connectivity index (χ3n) is 3.41. The fourth-order valence-electron chi connectivity index (χ4n) is 2.26. The van der Waals surface area contributed by atoms with E-state index in [0.29, 0.717) is 48.3 Å². The van der Waals surface area contributed by atoms with E-state index in [0.717, 1.165) is 0 Å². The first-order valence-electron chi connectivity index (χ1n) is 6.69. The van der Waals surface area contributed by atoms with Crippen LogP contribution in [-0.4, -0.2) is 61.4 Å². The molecular weight excluding hydrogens is 313 g/mol. The van der Waals surface area contributed by atoms with Crippen LogP contribution in [0.1, 0.15) is 10.4 Å². The Morgan fingerprint density at radius 1 is 1.14 bits per heavy atom. The number of benzene rings is 1. The zero-order valence-electron chi connectivity index (χ0n) is 11.7. The average Bonchev–Trinajstić information content (AvgIpc) is 2.47. The Hall–Kier alpha value is -1.30. The van der Waals surface area contributed by atoms with Crippen molar-refractivity contribution in [3.05, 3.63) is 33.8 Å². The van der Waals surface area contributed by atoms with E-state index < -0.39 is 0 Å². The molecule has 114 valence electrons. The number of hydrogen-bond donors (Lipinski definition) is 1. The molecule has 0 saturated carbocycles. The van der Waals surface area contributed by atoms with Crippen molar-refractivity contribution in [1.82, 2.24) is 15.1 Å². The molecule has 1 aliphatic rings. The second kappa shape index (κ2) is 7.11. The lowest BCUT2D eigenvalue weighted by Crippen LogP contribution is -2.52. The second-order valence-electron chi connectivity index (χ2n) is 4.83. The monoisotopic (exact) mass is 329 g/mol. The first-order chi connectivity index (χ1) is 10.0. The number of amides is 2. The maximum atomic E-state index is 12.4. The van der Waals surface area contributed by atoms with Gasteiger partial charge in [-0.05, 0) is 25.2 Å². The summed E-state index contributed by atoms with van der Waals surface area (Å²) >= 11 is 11.9. The Kier molecular flexibility index (Phi) is 5.45. The summed E-state index contributed by atoms with van der Waals surface area (Å²) in [6.07, 6.45) is 0. The molecule has 1 fully saturated rings. The number of halogens is 2. The van der Waals surface area contributed by atoms with Gasteiger partial charge in [0.25, 0.3) is 5.91 Å². The molecule has 5 nitrogen and oxygen atoms in total. The van der Waals surface area contributed by atoms with Crippen LogP contribution in [0.25, 0.3) is 0 Å². The lowest BCUT2D eigenvalue weighted by atomic mass is 10.1. The van der Waals surface area contributed by atoms with Crippen molar-refractivity contribution < 1.29 is 9.59 Å². The van der Waals surface area contributed by atoms with Gasteiger partial charge >= 0.3 is 0 Å². The zero-order valence-corrected chi connectivity index (χ0v) is 13.2. The Morgan fingerprint density at radius 3 is 2.33 bits per heavy atom. The van der Waals surface area contributed by atoms with Crippen LogP contribution in [-0.2, 0) is 4.79 Å². The highest BCUT2D eigenvalue weighted by molar-refractivity contribution is 6.36. The van der Waals surface area contributed by atoms with Gasteiger partial charge in [-0.2, -0.15) is 0 Å². The van der Waals surface area contributed by atoms with Crippen molar-refractivity contribution in [2.24, 2.45) is 0 Å². The number of hydrogen-bond acceptors (Lipinski definition) is 3. The standard InChI is InChI=1S/C14H17Cl2N3O2/c1-17-9-13(20)18-4-6-19(7-5-18)14(21)11-3-2-10(15)8-12(11)16/h2-3,8,17H,4-7,9H2,1H3.